The van der Waals surface area contributed by atoms with Gasteiger partial charge in [0.25, 0.3) is 0 Å². The summed E-state index contributed by atoms with van der Waals surface area (Å²) >= 11 is 0. The minimum Gasteiger partial charge on any atom is -0.493 e. The molecule has 1 aliphatic heterocycles. The summed E-state index contributed by atoms with van der Waals surface area (Å²) in [7, 11) is 0. The molecule has 0 N–H and O–H groups in total. The highest BCUT2D eigenvalue weighted by Gasteiger charge is 2.17. The SMILES string of the molecule is C1=COC(Cc2ccccc2)C(Cc2ccccc2)=C1. The normalized spacial score (nSPS) is 17.4. The quantitative estimate of drug-likeness (QED) is 0.797. The standard InChI is InChI=1S/C19H18O/c1-3-8-16(9-4-1)14-18-12-7-13-20-19(18)15-17-10-5-2-6-11-17/h1-13,19H,14-15H2. The number of rotatable bonds is 4. The van der Waals surface area contributed by atoms with Crippen LogP contribution in [0.25, 0.3) is 0 Å². The van der Waals surface area contributed by atoms with Crippen molar-refractivity contribution < 1.29 is 4.74 Å². The zero-order chi connectivity index (χ0) is 13.6. The van der Waals surface area contributed by atoms with Gasteiger partial charge >= 0.3 is 0 Å². The second-order valence-corrected chi connectivity index (χ2v) is 5.05. The molecule has 0 fully saturated rings. The number of hydrogen-bond donors (Lipinski definition) is 0. The third kappa shape index (κ3) is 3.18. The molecular weight excluding hydrogens is 244 g/mol. The summed E-state index contributed by atoms with van der Waals surface area (Å²) in [6.45, 7) is 0. The van der Waals surface area contributed by atoms with Crippen LogP contribution in [0.15, 0.2) is 84.7 Å². The molecule has 0 amide bonds. The molecule has 2 aromatic carbocycles. The summed E-state index contributed by atoms with van der Waals surface area (Å²) in [5.74, 6) is 0. The second-order valence-electron chi connectivity index (χ2n) is 5.05. The Labute approximate surface area is 120 Å². The van der Waals surface area contributed by atoms with E-state index in [0.717, 1.165) is 12.8 Å². The maximum Gasteiger partial charge on any atom is 0.123 e. The van der Waals surface area contributed by atoms with Crippen LogP contribution < -0.4 is 0 Å². The largest absolute Gasteiger partial charge is 0.493 e. The first kappa shape index (κ1) is 12.7. The van der Waals surface area contributed by atoms with E-state index in [1.165, 1.54) is 16.7 Å². The molecule has 1 unspecified atom stereocenters. The molecule has 1 heterocycles. The van der Waals surface area contributed by atoms with Gasteiger partial charge in [-0.1, -0.05) is 66.7 Å². The Kier molecular flexibility index (Phi) is 3.98. The van der Waals surface area contributed by atoms with Gasteiger partial charge in [0.05, 0.1) is 6.26 Å². The van der Waals surface area contributed by atoms with Crippen LogP contribution in [0.5, 0.6) is 0 Å². The Morgan fingerprint density at radius 2 is 1.45 bits per heavy atom. The molecule has 100 valence electrons. The van der Waals surface area contributed by atoms with Crippen LogP contribution in [0.4, 0.5) is 0 Å². The molecule has 0 aromatic heterocycles. The molecular formula is C19H18O. The van der Waals surface area contributed by atoms with Crippen molar-refractivity contribution in [3.63, 3.8) is 0 Å². The van der Waals surface area contributed by atoms with E-state index in [9.17, 15) is 0 Å². The Morgan fingerprint density at radius 1 is 0.800 bits per heavy atom. The molecule has 2 aromatic rings. The second kappa shape index (κ2) is 6.25. The van der Waals surface area contributed by atoms with Crippen LogP contribution in [0.2, 0.25) is 0 Å². The van der Waals surface area contributed by atoms with Crippen molar-refractivity contribution >= 4 is 0 Å². The van der Waals surface area contributed by atoms with Gasteiger partial charge in [-0.2, -0.15) is 0 Å². The average molecular weight is 262 g/mol. The van der Waals surface area contributed by atoms with Gasteiger partial charge in [0, 0.05) is 6.42 Å². The smallest absolute Gasteiger partial charge is 0.123 e. The first-order chi connectivity index (χ1) is 9.92. The van der Waals surface area contributed by atoms with Gasteiger partial charge in [0.15, 0.2) is 0 Å². The van der Waals surface area contributed by atoms with Gasteiger partial charge in [-0.15, -0.1) is 0 Å². The van der Waals surface area contributed by atoms with Crippen molar-refractivity contribution in [2.75, 3.05) is 0 Å². The summed E-state index contributed by atoms with van der Waals surface area (Å²) in [5, 5.41) is 0. The molecule has 3 rings (SSSR count). The monoisotopic (exact) mass is 262 g/mol. The van der Waals surface area contributed by atoms with Gasteiger partial charge < -0.3 is 4.74 Å². The lowest BCUT2D eigenvalue weighted by molar-refractivity contribution is 0.170. The van der Waals surface area contributed by atoms with Crippen molar-refractivity contribution in [3.8, 4) is 0 Å². The van der Waals surface area contributed by atoms with Crippen molar-refractivity contribution in [1.82, 2.24) is 0 Å². The highest BCUT2D eigenvalue weighted by Crippen LogP contribution is 2.21. The fraction of sp³-hybridized carbons (Fsp3) is 0.158. The molecule has 0 bridgehead atoms. The van der Waals surface area contributed by atoms with Crippen molar-refractivity contribution in [3.05, 3.63) is 95.8 Å². The first-order valence-electron chi connectivity index (χ1n) is 7.01. The Bertz CT molecular complexity index is 596. The van der Waals surface area contributed by atoms with E-state index in [1.807, 2.05) is 12.1 Å². The molecule has 0 spiro atoms. The average Bonchev–Trinajstić information content (AvgIpc) is 2.51. The Hall–Kier alpha value is -2.28. The maximum absolute atomic E-state index is 5.82. The zero-order valence-electron chi connectivity index (χ0n) is 11.4. The molecule has 20 heavy (non-hydrogen) atoms. The topological polar surface area (TPSA) is 9.23 Å². The Morgan fingerprint density at radius 3 is 2.15 bits per heavy atom. The molecule has 0 radical (unpaired) electrons. The van der Waals surface area contributed by atoms with Crippen LogP contribution >= 0.6 is 0 Å². The fourth-order valence-corrected chi connectivity index (χ4v) is 2.51. The minimum atomic E-state index is 0.141. The van der Waals surface area contributed by atoms with E-state index in [-0.39, 0.29) is 6.10 Å². The van der Waals surface area contributed by atoms with Crippen LogP contribution in [0.1, 0.15) is 11.1 Å². The van der Waals surface area contributed by atoms with Gasteiger partial charge in [0.2, 0.25) is 0 Å². The van der Waals surface area contributed by atoms with E-state index in [2.05, 4.69) is 60.7 Å². The maximum atomic E-state index is 5.82. The molecule has 0 saturated heterocycles. The molecule has 0 aliphatic carbocycles. The van der Waals surface area contributed by atoms with Crippen molar-refractivity contribution in [2.45, 2.75) is 18.9 Å². The predicted molar refractivity (Wildman–Crippen MR) is 82.4 cm³/mol. The summed E-state index contributed by atoms with van der Waals surface area (Å²) in [6.07, 6.45) is 7.97. The van der Waals surface area contributed by atoms with Gasteiger partial charge in [0.1, 0.15) is 6.10 Å². The number of allylic oxidation sites excluding steroid dienone is 2. The third-order valence-electron chi connectivity index (χ3n) is 3.56. The lowest BCUT2D eigenvalue weighted by Crippen LogP contribution is -2.20. The van der Waals surface area contributed by atoms with Crippen molar-refractivity contribution in [2.24, 2.45) is 0 Å². The van der Waals surface area contributed by atoms with Crippen molar-refractivity contribution in [1.29, 1.82) is 0 Å². The lowest BCUT2D eigenvalue weighted by atomic mass is 9.94. The molecule has 1 aliphatic rings. The lowest BCUT2D eigenvalue weighted by Gasteiger charge is -2.23. The highest BCUT2D eigenvalue weighted by atomic mass is 16.5. The summed E-state index contributed by atoms with van der Waals surface area (Å²) in [6, 6.07) is 21.1. The van der Waals surface area contributed by atoms with E-state index >= 15 is 0 Å². The van der Waals surface area contributed by atoms with Crippen LogP contribution in [0.3, 0.4) is 0 Å². The van der Waals surface area contributed by atoms with Gasteiger partial charge in [-0.05, 0) is 29.2 Å². The fourth-order valence-electron chi connectivity index (χ4n) is 2.51. The predicted octanol–water partition coefficient (Wildman–Crippen LogP) is 4.31. The molecule has 0 saturated carbocycles. The highest BCUT2D eigenvalue weighted by molar-refractivity contribution is 5.30. The molecule has 1 heteroatoms. The van der Waals surface area contributed by atoms with Crippen LogP contribution in [-0.4, -0.2) is 6.10 Å². The molecule has 1 atom stereocenters. The number of benzene rings is 2. The van der Waals surface area contributed by atoms with Gasteiger partial charge in [-0.3, -0.25) is 0 Å². The zero-order valence-corrected chi connectivity index (χ0v) is 11.4. The number of ether oxygens (including phenoxy) is 1. The Balaban J connectivity index is 1.74. The van der Waals surface area contributed by atoms with E-state index in [4.69, 9.17) is 4.74 Å². The van der Waals surface area contributed by atoms with E-state index < -0.39 is 0 Å². The third-order valence-corrected chi connectivity index (χ3v) is 3.56. The summed E-state index contributed by atoms with van der Waals surface area (Å²) in [5.41, 5.74) is 3.98. The van der Waals surface area contributed by atoms with Crippen LogP contribution in [-0.2, 0) is 17.6 Å². The summed E-state index contributed by atoms with van der Waals surface area (Å²) < 4.78 is 5.82. The number of hydrogen-bond acceptors (Lipinski definition) is 1. The summed E-state index contributed by atoms with van der Waals surface area (Å²) in [4.78, 5) is 0. The van der Waals surface area contributed by atoms with Gasteiger partial charge in [-0.25, -0.2) is 0 Å². The minimum absolute atomic E-state index is 0.141. The van der Waals surface area contributed by atoms with E-state index in [0.29, 0.717) is 0 Å². The van der Waals surface area contributed by atoms with E-state index in [1.54, 1.807) is 6.26 Å². The molecule has 1 nitrogen and oxygen atoms in total. The first-order valence-corrected chi connectivity index (χ1v) is 7.01. The van der Waals surface area contributed by atoms with Crippen LogP contribution in [0, 0.1) is 0 Å².